The van der Waals surface area contributed by atoms with E-state index in [9.17, 15) is 0 Å². The average Bonchev–Trinajstić information content (AvgIpc) is 2.73. The van der Waals surface area contributed by atoms with Crippen molar-refractivity contribution in [3.8, 4) is 11.1 Å². The van der Waals surface area contributed by atoms with E-state index in [1.807, 2.05) is 36.7 Å². The lowest BCUT2D eigenvalue weighted by Crippen LogP contribution is -2.30. The number of nitrogens with one attached hydrogen (secondary N) is 1. The highest BCUT2D eigenvalue weighted by atomic mass is 35.5. The number of aromatic nitrogens is 2. The molecule has 0 aliphatic carbocycles. The van der Waals surface area contributed by atoms with Crippen molar-refractivity contribution in [3.63, 3.8) is 0 Å². The van der Waals surface area contributed by atoms with Crippen molar-refractivity contribution in [1.29, 1.82) is 0 Å². The van der Waals surface area contributed by atoms with Gasteiger partial charge in [0, 0.05) is 54.2 Å². The zero-order chi connectivity index (χ0) is 14.7. The van der Waals surface area contributed by atoms with Crippen molar-refractivity contribution >= 4 is 17.5 Å². The normalized spacial score (nSPS) is 19.3. The maximum atomic E-state index is 6.21. The summed E-state index contributed by atoms with van der Waals surface area (Å²) in [7, 11) is 0. The molecule has 0 radical (unpaired) electrons. The van der Waals surface area contributed by atoms with Gasteiger partial charge in [-0.05, 0) is 19.4 Å². The molecule has 0 amide bonds. The molecule has 1 atom stereocenters. The van der Waals surface area contributed by atoms with Crippen LogP contribution < -0.4 is 10.2 Å². The van der Waals surface area contributed by atoms with Crippen molar-refractivity contribution in [2.24, 2.45) is 0 Å². The number of benzene rings is 1. The van der Waals surface area contributed by atoms with Gasteiger partial charge in [0.05, 0.1) is 0 Å². The van der Waals surface area contributed by atoms with Crippen LogP contribution in [0.4, 0.5) is 5.95 Å². The molecule has 1 aliphatic heterocycles. The van der Waals surface area contributed by atoms with E-state index in [0.29, 0.717) is 6.04 Å². The molecule has 4 nitrogen and oxygen atoms in total. The van der Waals surface area contributed by atoms with E-state index in [-0.39, 0.29) is 0 Å². The molecule has 1 saturated heterocycles. The first-order valence-corrected chi connectivity index (χ1v) is 7.67. The number of halogens is 1. The summed E-state index contributed by atoms with van der Waals surface area (Å²) in [6.45, 7) is 5.11. The second kappa shape index (κ2) is 6.41. The zero-order valence-corrected chi connectivity index (χ0v) is 12.8. The van der Waals surface area contributed by atoms with E-state index < -0.39 is 0 Å². The number of anilines is 1. The molecule has 21 heavy (non-hydrogen) atoms. The number of hydrogen-bond acceptors (Lipinski definition) is 4. The lowest BCUT2D eigenvalue weighted by atomic mass is 10.1. The van der Waals surface area contributed by atoms with Crippen LogP contribution in [0.2, 0.25) is 5.02 Å². The van der Waals surface area contributed by atoms with E-state index >= 15 is 0 Å². The van der Waals surface area contributed by atoms with Gasteiger partial charge in [-0.25, -0.2) is 9.97 Å². The topological polar surface area (TPSA) is 41.1 Å². The van der Waals surface area contributed by atoms with E-state index in [1.54, 1.807) is 0 Å². The van der Waals surface area contributed by atoms with Gasteiger partial charge in [-0.1, -0.05) is 29.8 Å². The molecule has 0 bridgehead atoms. The third-order valence-electron chi connectivity index (χ3n) is 3.81. The average molecular weight is 303 g/mol. The summed E-state index contributed by atoms with van der Waals surface area (Å²) in [5.74, 6) is 0.793. The minimum Gasteiger partial charge on any atom is -0.339 e. The fourth-order valence-electron chi connectivity index (χ4n) is 2.53. The lowest BCUT2D eigenvalue weighted by Gasteiger charge is -2.19. The van der Waals surface area contributed by atoms with Gasteiger partial charge in [0.25, 0.3) is 0 Å². The number of nitrogens with zero attached hydrogens (tertiary/aromatic N) is 3. The van der Waals surface area contributed by atoms with Gasteiger partial charge in [-0.15, -0.1) is 0 Å². The van der Waals surface area contributed by atoms with Gasteiger partial charge in [0.15, 0.2) is 0 Å². The van der Waals surface area contributed by atoms with Gasteiger partial charge in [0.2, 0.25) is 5.95 Å². The van der Waals surface area contributed by atoms with Gasteiger partial charge < -0.3 is 10.2 Å². The van der Waals surface area contributed by atoms with Crippen molar-refractivity contribution in [2.75, 3.05) is 24.5 Å². The standard InChI is InChI=1S/C16H19ClN4/c1-12-6-8-21(9-7-18-12)16-19-10-13(11-20-16)14-4-2-3-5-15(14)17/h2-5,10-12,18H,6-9H2,1H3. The van der Waals surface area contributed by atoms with Crippen LogP contribution in [-0.2, 0) is 0 Å². The minimum atomic E-state index is 0.553. The molecule has 1 unspecified atom stereocenters. The summed E-state index contributed by atoms with van der Waals surface area (Å²) in [4.78, 5) is 11.3. The Kier molecular flexibility index (Phi) is 4.36. The molecule has 5 heteroatoms. The van der Waals surface area contributed by atoms with Gasteiger partial charge in [-0.2, -0.15) is 0 Å². The first-order chi connectivity index (χ1) is 10.2. The van der Waals surface area contributed by atoms with Crippen LogP contribution >= 0.6 is 11.6 Å². The van der Waals surface area contributed by atoms with Crippen molar-refractivity contribution < 1.29 is 0 Å². The van der Waals surface area contributed by atoms with Crippen LogP contribution in [0.15, 0.2) is 36.7 Å². The Morgan fingerprint density at radius 3 is 2.71 bits per heavy atom. The summed E-state index contributed by atoms with van der Waals surface area (Å²) in [6, 6.07) is 8.31. The third-order valence-corrected chi connectivity index (χ3v) is 4.14. The number of rotatable bonds is 2. The molecule has 2 aromatic rings. The lowest BCUT2D eigenvalue weighted by molar-refractivity contribution is 0.566. The van der Waals surface area contributed by atoms with Gasteiger partial charge in [-0.3, -0.25) is 0 Å². The summed E-state index contributed by atoms with van der Waals surface area (Å²) < 4.78 is 0. The molecule has 1 aromatic heterocycles. The van der Waals surface area contributed by atoms with Crippen LogP contribution in [0.5, 0.6) is 0 Å². The SMILES string of the molecule is CC1CCN(c2ncc(-c3ccccc3Cl)cn2)CCN1. The Labute approximate surface area is 130 Å². The predicted molar refractivity (Wildman–Crippen MR) is 86.8 cm³/mol. The van der Waals surface area contributed by atoms with Crippen molar-refractivity contribution in [2.45, 2.75) is 19.4 Å². The largest absolute Gasteiger partial charge is 0.339 e. The molecular formula is C16H19ClN4. The minimum absolute atomic E-state index is 0.553. The molecular weight excluding hydrogens is 284 g/mol. The van der Waals surface area contributed by atoms with E-state index in [1.165, 1.54) is 0 Å². The van der Waals surface area contributed by atoms with Gasteiger partial charge in [0.1, 0.15) is 0 Å². The Morgan fingerprint density at radius 1 is 1.19 bits per heavy atom. The summed E-state index contributed by atoms with van der Waals surface area (Å²) in [5.41, 5.74) is 1.92. The van der Waals surface area contributed by atoms with E-state index in [4.69, 9.17) is 11.6 Å². The molecule has 1 fully saturated rings. The molecule has 0 saturated carbocycles. The highest BCUT2D eigenvalue weighted by molar-refractivity contribution is 6.33. The third kappa shape index (κ3) is 3.34. The maximum absolute atomic E-state index is 6.21. The predicted octanol–water partition coefficient (Wildman–Crippen LogP) is 2.99. The molecule has 1 aliphatic rings. The molecule has 1 N–H and O–H groups in total. The van der Waals surface area contributed by atoms with Crippen molar-refractivity contribution in [3.05, 3.63) is 41.7 Å². The smallest absolute Gasteiger partial charge is 0.225 e. The summed E-state index contributed by atoms with van der Waals surface area (Å²) >= 11 is 6.21. The second-order valence-electron chi connectivity index (χ2n) is 5.38. The maximum Gasteiger partial charge on any atom is 0.225 e. The molecule has 2 heterocycles. The molecule has 0 spiro atoms. The highest BCUT2D eigenvalue weighted by Crippen LogP contribution is 2.26. The summed E-state index contributed by atoms with van der Waals surface area (Å²) in [5, 5.41) is 4.20. The summed E-state index contributed by atoms with van der Waals surface area (Å²) in [6.07, 6.45) is 4.81. The van der Waals surface area contributed by atoms with Crippen LogP contribution in [0, 0.1) is 0 Å². The Balaban J connectivity index is 1.79. The zero-order valence-electron chi connectivity index (χ0n) is 12.1. The molecule has 3 rings (SSSR count). The monoisotopic (exact) mass is 302 g/mol. The Bertz CT molecular complexity index is 599. The second-order valence-corrected chi connectivity index (χ2v) is 5.79. The van der Waals surface area contributed by atoms with Crippen molar-refractivity contribution in [1.82, 2.24) is 15.3 Å². The highest BCUT2D eigenvalue weighted by Gasteiger charge is 2.15. The first kappa shape index (κ1) is 14.3. The fraction of sp³-hybridized carbons (Fsp3) is 0.375. The molecule has 1 aromatic carbocycles. The van der Waals surface area contributed by atoms with E-state index in [2.05, 4.69) is 27.1 Å². The van der Waals surface area contributed by atoms with Gasteiger partial charge >= 0.3 is 0 Å². The Morgan fingerprint density at radius 2 is 1.95 bits per heavy atom. The quantitative estimate of drug-likeness (QED) is 0.926. The van der Waals surface area contributed by atoms with Crippen LogP contribution in [0.25, 0.3) is 11.1 Å². The van der Waals surface area contributed by atoms with Crippen LogP contribution in [-0.4, -0.2) is 35.6 Å². The van der Waals surface area contributed by atoms with Crippen LogP contribution in [0.1, 0.15) is 13.3 Å². The fourth-order valence-corrected chi connectivity index (χ4v) is 2.77. The molecule has 110 valence electrons. The number of hydrogen-bond donors (Lipinski definition) is 1. The van der Waals surface area contributed by atoms with Crippen LogP contribution in [0.3, 0.4) is 0 Å². The Hall–Kier alpha value is -1.65. The van der Waals surface area contributed by atoms with E-state index in [0.717, 1.165) is 48.2 Å². The first-order valence-electron chi connectivity index (χ1n) is 7.29.